The normalized spacial score (nSPS) is 20.2. The molecule has 1 aliphatic rings. The summed E-state index contributed by atoms with van der Waals surface area (Å²) in [6, 6.07) is 6.05. The van der Waals surface area contributed by atoms with Crippen LogP contribution in [0.25, 0.3) is 0 Å². The van der Waals surface area contributed by atoms with Crippen LogP contribution < -0.4 is 5.32 Å². The van der Waals surface area contributed by atoms with Crippen molar-refractivity contribution in [3.63, 3.8) is 0 Å². The van der Waals surface area contributed by atoms with Crippen LogP contribution in [0.5, 0.6) is 0 Å². The third-order valence-electron chi connectivity index (χ3n) is 3.55. The predicted octanol–water partition coefficient (Wildman–Crippen LogP) is 0.702. The number of nitrogens with one attached hydrogen (secondary N) is 1. The zero-order chi connectivity index (χ0) is 16.0. The first kappa shape index (κ1) is 17.7. The van der Waals surface area contributed by atoms with Gasteiger partial charge in [-0.1, -0.05) is 11.6 Å². The van der Waals surface area contributed by atoms with Crippen LogP contribution in [0.3, 0.4) is 0 Å². The van der Waals surface area contributed by atoms with E-state index in [0.717, 1.165) is 0 Å². The molecule has 8 heteroatoms. The summed E-state index contributed by atoms with van der Waals surface area (Å²) in [6.45, 7) is 2.30. The Morgan fingerprint density at radius 1 is 1.32 bits per heavy atom. The van der Waals surface area contributed by atoms with Crippen LogP contribution in [0.1, 0.15) is 6.42 Å². The highest BCUT2D eigenvalue weighted by molar-refractivity contribution is 7.89. The van der Waals surface area contributed by atoms with Crippen molar-refractivity contribution >= 4 is 21.6 Å². The van der Waals surface area contributed by atoms with Gasteiger partial charge in [0.05, 0.1) is 18.1 Å². The number of benzene rings is 1. The highest BCUT2D eigenvalue weighted by Crippen LogP contribution is 2.22. The second-order valence-corrected chi connectivity index (χ2v) is 7.38. The Hall–Kier alpha value is -0.700. The summed E-state index contributed by atoms with van der Waals surface area (Å²) in [7, 11) is -3.54. The number of halogens is 1. The lowest BCUT2D eigenvalue weighted by Crippen LogP contribution is -2.53. The van der Waals surface area contributed by atoms with E-state index in [9.17, 15) is 8.42 Å². The minimum Gasteiger partial charge on any atom is -0.394 e. The molecule has 0 radical (unpaired) electrons. The maximum atomic E-state index is 12.8. The van der Waals surface area contributed by atoms with Crippen LogP contribution in [0.4, 0.5) is 0 Å². The molecular weight excluding hydrogens is 328 g/mol. The fraction of sp³-hybridized carbons (Fsp3) is 0.571. The molecule has 1 aromatic rings. The first-order valence-corrected chi connectivity index (χ1v) is 9.04. The van der Waals surface area contributed by atoms with Crippen molar-refractivity contribution in [1.82, 2.24) is 9.62 Å². The van der Waals surface area contributed by atoms with Crippen LogP contribution in [-0.4, -0.2) is 63.3 Å². The molecule has 0 bridgehead atoms. The molecular formula is C14H21ClN2O4S. The average molecular weight is 349 g/mol. The van der Waals surface area contributed by atoms with Gasteiger partial charge in [-0.25, -0.2) is 8.42 Å². The van der Waals surface area contributed by atoms with Crippen molar-refractivity contribution in [2.75, 3.05) is 39.5 Å². The van der Waals surface area contributed by atoms with E-state index in [-0.39, 0.29) is 24.2 Å². The molecule has 0 aromatic heterocycles. The minimum atomic E-state index is -3.54. The Kier molecular flexibility index (Phi) is 6.61. The van der Waals surface area contributed by atoms with Gasteiger partial charge in [0.1, 0.15) is 0 Å². The number of hydrogen-bond donors (Lipinski definition) is 2. The van der Waals surface area contributed by atoms with Crippen molar-refractivity contribution in [2.24, 2.45) is 0 Å². The largest absolute Gasteiger partial charge is 0.394 e. The molecule has 1 atom stereocenters. The molecule has 124 valence electrons. The molecule has 0 spiro atoms. The van der Waals surface area contributed by atoms with Crippen molar-refractivity contribution in [3.05, 3.63) is 29.3 Å². The SMILES string of the molecule is O=S(=O)(c1ccc(Cl)cc1)N1CCNC[C@H]1CCOCCO. The summed E-state index contributed by atoms with van der Waals surface area (Å²) in [5.41, 5.74) is 0. The zero-order valence-electron chi connectivity index (χ0n) is 12.2. The monoisotopic (exact) mass is 348 g/mol. The molecule has 1 fully saturated rings. The first-order valence-electron chi connectivity index (χ1n) is 7.22. The van der Waals surface area contributed by atoms with E-state index >= 15 is 0 Å². The van der Waals surface area contributed by atoms with Crippen molar-refractivity contribution in [3.8, 4) is 0 Å². The van der Waals surface area contributed by atoms with Crippen LogP contribution in [0.15, 0.2) is 29.2 Å². The van der Waals surface area contributed by atoms with E-state index in [2.05, 4.69) is 5.32 Å². The number of aliphatic hydroxyl groups excluding tert-OH is 1. The highest BCUT2D eigenvalue weighted by Gasteiger charge is 2.33. The first-order chi connectivity index (χ1) is 10.6. The molecule has 1 aromatic carbocycles. The second-order valence-electron chi connectivity index (χ2n) is 5.05. The zero-order valence-corrected chi connectivity index (χ0v) is 13.8. The Bertz CT molecular complexity index is 565. The van der Waals surface area contributed by atoms with E-state index in [0.29, 0.717) is 37.7 Å². The number of hydrogen-bond acceptors (Lipinski definition) is 5. The fourth-order valence-electron chi connectivity index (χ4n) is 2.43. The number of sulfonamides is 1. The summed E-state index contributed by atoms with van der Waals surface area (Å²) in [5, 5.41) is 12.4. The standard InChI is InChI=1S/C14H21ClN2O4S/c15-12-1-3-14(4-2-12)22(19,20)17-7-6-16-11-13(17)5-9-21-10-8-18/h1-4,13,16,18H,5-11H2/t13-/m1/s1. The molecule has 0 saturated carbocycles. The van der Waals surface area contributed by atoms with E-state index in [4.69, 9.17) is 21.4 Å². The Labute approximate surface area is 136 Å². The van der Waals surface area contributed by atoms with Crippen LogP contribution in [-0.2, 0) is 14.8 Å². The van der Waals surface area contributed by atoms with Crippen molar-refractivity contribution < 1.29 is 18.3 Å². The minimum absolute atomic E-state index is 0.0320. The number of piperazine rings is 1. The van der Waals surface area contributed by atoms with Crippen LogP contribution in [0, 0.1) is 0 Å². The van der Waals surface area contributed by atoms with E-state index in [1.54, 1.807) is 12.1 Å². The van der Waals surface area contributed by atoms with Gasteiger partial charge in [0.15, 0.2) is 0 Å². The second kappa shape index (κ2) is 8.24. The Balaban J connectivity index is 2.10. The van der Waals surface area contributed by atoms with E-state index < -0.39 is 10.0 Å². The topological polar surface area (TPSA) is 78.9 Å². The van der Waals surface area contributed by atoms with Gasteiger partial charge >= 0.3 is 0 Å². The molecule has 1 aliphatic heterocycles. The van der Waals surface area contributed by atoms with E-state index in [1.807, 2.05) is 0 Å². The predicted molar refractivity (Wildman–Crippen MR) is 84.5 cm³/mol. The Morgan fingerprint density at radius 2 is 2.05 bits per heavy atom. The average Bonchev–Trinajstić information content (AvgIpc) is 2.52. The lowest BCUT2D eigenvalue weighted by molar-refractivity contribution is 0.0780. The van der Waals surface area contributed by atoms with Gasteiger partial charge < -0.3 is 15.2 Å². The summed E-state index contributed by atoms with van der Waals surface area (Å²) >= 11 is 5.82. The van der Waals surface area contributed by atoms with Crippen molar-refractivity contribution in [2.45, 2.75) is 17.4 Å². The van der Waals surface area contributed by atoms with Gasteiger partial charge in [-0.15, -0.1) is 0 Å². The van der Waals surface area contributed by atoms with Gasteiger partial charge in [0, 0.05) is 37.3 Å². The van der Waals surface area contributed by atoms with Crippen molar-refractivity contribution in [1.29, 1.82) is 0 Å². The quantitative estimate of drug-likeness (QED) is 0.709. The summed E-state index contributed by atoms with van der Waals surface area (Å²) in [4.78, 5) is 0.250. The molecule has 2 rings (SSSR count). The maximum absolute atomic E-state index is 12.8. The van der Waals surface area contributed by atoms with Gasteiger partial charge in [0.2, 0.25) is 10.0 Å². The lowest BCUT2D eigenvalue weighted by atomic mass is 10.2. The summed E-state index contributed by atoms with van der Waals surface area (Å²) < 4.78 is 32.3. The number of rotatable bonds is 7. The Morgan fingerprint density at radius 3 is 2.73 bits per heavy atom. The van der Waals surface area contributed by atoms with Gasteiger partial charge in [-0.2, -0.15) is 4.31 Å². The molecule has 0 aliphatic carbocycles. The number of ether oxygens (including phenoxy) is 1. The number of aliphatic hydroxyl groups is 1. The number of nitrogens with zero attached hydrogens (tertiary/aromatic N) is 1. The molecule has 6 nitrogen and oxygen atoms in total. The van der Waals surface area contributed by atoms with Crippen LogP contribution in [0.2, 0.25) is 5.02 Å². The summed E-state index contributed by atoms with van der Waals surface area (Å²) in [6.07, 6.45) is 0.583. The lowest BCUT2D eigenvalue weighted by Gasteiger charge is -2.35. The van der Waals surface area contributed by atoms with Gasteiger partial charge in [-0.3, -0.25) is 0 Å². The molecule has 0 unspecified atom stereocenters. The summed E-state index contributed by atoms with van der Waals surface area (Å²) in [5.74, 6) is 0. The maximum Gasteiger partial charge on any atom is 0.243 e. The third-order valence-corrected chi connectivity index (χ3v) is 5.77. The smallest absolute Gasteiger partial charge is 0.243 e. The molecule has 22 heavy (non-hydrogen) atoms. The van der Waals surface area contributed by atoms with E-state index in [1.165, 1.54) is 16.4 Å². The van der Waals surface area contributed by atoms with Gasteiger partial charge in [0.25, 0.3) is 0 Å². The molecule has 1 heterocycles. The molecule has 1 saturated heterocycles. The molecule has 0 amide bonds. The molecule has 2 N–H and O–H groups in total. The highest BCUT2D eigenvalue weighted by atomic mass is 35.5. The fourth-order valence-corrected chi connectivity index (χ4v) is 4.21. The van der Waals surface area contributed by atoms with Gasteiger partial charge in [-0.05, 0) is 30.7 Å². The third kappa shape index (κ3) is 4.41. The van der Waals surface area contributed by atoms with Crippen LogP contribution >= 0.6 is 11.6 Å².